The van der Waals surface area contributed by atoms with Crippen molar-refractivity contribution in [3.05, 3.63) is 101 Å². The maximum atomic E-state index is 14.8. The third-order valence-electron chi connectivity index (χ3n) is 10.6. The van der Waals surface area contributed by atoms with Gasteiger partial charge in [0, 0.05) is 88.2 Å². The van der Waals surface area contributed by atoms with Crippen molar-refractivity contribution < 1.29 is 18.7 Å². The van der Waals surface area contributed by atoms with Gasteiger partial charge in [-0.2, -0.15) is 5.10 Å². The average Bonchev–Trinajstić information content (AvgIpc) is 3.73. The summed E-state index contributed by atoms with van der Waals surface area (Å²) in [6, 6.07) is 15.7. The van der Waals surface area contributed by atoms with Crippen molar-refractivity contribution in [2.45, 2.75) is 44.9 Å². The van der Waals surface area contributed by atoms with Crippen LogP contribution in [-0.2, 0) is 11.2 Å². The zero-order valence-corrected chi connectivity index (χ0v) is 28.6. The number of benzene rings is 2. The molecule has 0 unspecified atom stereocenters. The fourth-order valence-corrected chi connectivity index (χ4v) is 8.97. The minimum atomic E-state index is -0.392. The first kappa shape index (κ1) is 31.1. The Morgan fingerprint density at radius 1 is 1.02 bits per heavy atom. The maximum Gasteiger partial charge on any atom is 0.259 e. The molecule has 2 amide bonds. The van der Waals surface area contributed by atoms with E-state index in [0.29, 0.717) is 47.2 Å². The van der Waals surface area contributed by atoms with E-state index in [1.165, 1.54) is 30.7 Å². The van der Waals surface area contributed by atoms with Crippen molar-refractivity contribution in [2.75, 3.05) is 48.0 Å². The Kier molecular flexibility index (Phi) is 7.58. The molecule has 11 heteroatoms. The number of aryl methyl sites for hydroxylation is 1. The molecule has 254 valence electrons. The summed E-state index contributed by atoms with van der Waals surface area (Å²) in [7, 11) is 0. The molecule has 2 saturated heterocycles. The second-order valence-electron chi connectivity index (χ2n) is 14.2. The van der Waals surface area contributed by atoms with E-state index in [-0.39, 0.29) is 17.2 Å². The van der Waals surface area contributed by atoms with Crippen LogP contribution in [0.15, 0.2) is 67.0 Å². The van der Waals surface area contributed by atoms with Crippen LogP contribution in [0.1, 0.15) is 69.1 Å². The number of aromatic amines is 1. The number of H-pyrrole nitrogens is 1. The predicted octanol–water partition coefficient (Wildman–Crippen LogP) is 7.60. The summed E-state index contributed by atoms with van der Waals surface area (Å²) in [5, 5.41) is 10.5. The molecule has 1 saturated carbocycles. The number of aromatic nitrogens is 3. The van der Waals surface area contributed by atoms with Crippen molar-refractivity contribution in [1.29, 1.82) is 0 Å². The van der Waals surface area contributed by atoms with Crippen LogP contribution < -0.4 is 15.1 Å². The molecule has 3 aliphatic heterocycles. The van der Waals surface area contributed by atoms with Gasteiger partial charge in [0.2, 0.25) is 0 Å². The Hall–Kier alpha value is -4.87. The lowest BCUT2D eigenvalue weighted by Crippen LogP contribution is -2.59. The number of ether oxygens (including phenoxy) is 1. The predicted molar refractivity (Wildman–Crippen MR) is 193 cm³/mol. The minimum absolute atomic E-state index is 0.221. The van der Waals surface area contributed by atoms with E-state index in [4.69, 9.17) is 4.74 Å². The maximum absolute atomic E-state index is 14.8. The Balaban J connectivity index is 0.936. The van der Waals surface area contributed by atoms with Crippen LogP contribution in [0.2, 0.25) is 0 Å². The quantitative estimate of drug-likeness (QED) is 0.191. The van der Waals surface area contributed by atoms with Gasteiger partial charge < -0.3 is 19.9 Å². The number of anilines is 3. The van der Waals surface area contributed by atoms with E-state index in [1.807, 2.05) is 19.2 Å². The highest BCUT2D eigenvalue weighted by atomic mass is 32.1. The van der Waals surface area contributed by atoms with Gasteiger partial charge in [-0.1, -0.05) is 0 Å². The van der Waals surface area contributed by atoms with Gasteiger partial charge in [0.1, 0.15) is 11.6 Å². The highest BCUT2D eigenvalue weighted by Gasteiger charge is 2.45. The lowest BCUT2D eigenvalue weighted by Gasteiger charge is -2.53. The molecule has 9 rings (SSSR count). The molecule has 50 heavy (non-hydrogen) atoms. The smallest absolute Gasteiger partial charge is 0.259 e. The molecule has 2 aromatic carbocycles. The molecular weight excluding hydrogens is 652 g/mol. The van der Waals surface area contributed by atoms with Gasteiger partial charge >= 0.3 is 0 Å². The number of carbonyl (C=O) groups is 2. The fourth-order valence-electron chi connectivity index (χ4n) is 7.70. The summed E-state index contributed by atoms with van der Waals surface area (Å²) >= 11 is 1.67. The second kappa shape index (κ2) is 12.2. The van der Waals surface area contributed by atoms with Crippen molar-refractivity contribution in [2.24, 2.45) is 5.41 Å². The number of nitrogens with zero attached hydrogens (tertiary/aromatic N) is 4. The largest absolute Gasteiger partial charge is 0.381 e. The molecular formula is C39H37FN6O3S. The van der Waals surface area contributed by atoms with E-state index in [9.17, 15) is 14.0 Å². The van der Waals surface area contributed by atoms with E-state index in [2.05, 4.69) is 31.5 Å². The summed E-state index contributed by atoms with van der Waals surface area (Å²) in [5.41, 5.74) is 7.57. The zero-order valence-electron chi connectivity index (χ0n) is 27.8. The highest BCUT2D eigenvalue weighted by Crippen LogP contribution is 2.49. The van der Waals surface area contributed by atoms with Crippen LogP contribution in [0.25, 0.3) is 20.9 Å². The molecule has 6 heterocycles. The number of thiophene rings is 1. The Morgan fingerprint density at radius 2 is 1.82 bits per heavy atom. The molecule has 5 aromatic rings. The Bertz CT molecular complexity index is 2120. The lowest BCUT2D eigenvalue weighted by molar-refractivity contribution is -0.000510. The molecule has 9 nitrogen and oxygen atoms in total. The van der Waals surface area contributed by atoms with E-state index < -0.39 is 5.82 Å². The summed E-state index contributed by atoms with van der Waals surface area (Å²) in [5.74, 6) is 0.372. The number of rotatable bonds is 6. The monoisotopic (exact) mass is 688 g/mol. The first-order valence-corrected chi connectivity index (χ1v) is 18.1. The van der Waals surface area contributed by atoms with Gasteiger partial charge in [0.05, 0.1) is 17.4 Å². The molecule has 1 spiro atoms. The summed E-state index contributed by atoms with van der Waals surface area (Å²) < 4.78 is 20.3. The zero-order chi connectivity index (χ0) is 34.0. The molecule has 2 N–H and O–H groups in total. The van der Waals surface area contributed by atoms with Gasteiger partial charge in [0.15, 0.2) is 0 Å². The Labute approximate surface area is 293 Å². The minimum Gasteiger partial charge on any atom is -0.381 e. The number of hydrogen-bond acceptors (Lipinski definition) is 7. The molecule has 1 aliphatic carbocycles. The number of nitrogens with one attached hydrogen (secondary N) is 2. The van der Waals surface area contributed by atoms with E-state index in [0.717, 1.165) is 71.2 Å². The third-order valence-corrected chi connectivity index (χ3v) is 11.9. The van der Waals surface area contributed by atoms with Gasteiger partial charge in [-0.25, -0.2) is 9.37 Å². The van der Waals surface area contributed by atoms with Crippen LogP contribution in [0.5, 0.6) is 0 Å². The first-order valence-electron chi connectivity index (χ1n) is 17.3. The number of hydrogen-bond donors (Lipinski definition) is 2. The third kappa shape index (κ3) is 5.58. The molecule has 0 bridgehead atoms. The Morgan fingerprint density at radius 3 is 2.60 bits per heavy atom. The lowest BCUT2D eigenvalue weighted by atomic mass is 9.73. The summed E-state index contributed by atoms with van der Waals surface area (Å²) in [6.07, 6.45) is 8.75. The van der Waals surface area contributed by atoms with Crippen molar-refractivity contribution in [1.82, 2.24) is 15.2 Å². The van der Waals surface area contributed by atoms with Gasteiger partial charge in [-0.05, 0) is 105 Å². The van der Waals surface area contributed by atoms with E-state index >= 15 is 0 Å². The molecule has 4 aliphatic rings. The van der Waals surface area contributed by atoms with E-state index in [1.54, 1.807) is 52.8 Å². The second-order valence-corrected chi connectivity index (χ2v) is 15.2. The van der Waals surface area contributed by atoms with Crippen LogP contribution in [0, 0.1) is 18.2 Å². The highest BCUT2D eigenvalue weighted by molar-refractivity contribution is 7.19. The number of amides is 2. The van der Waals surface area contributed by atoms with Crippen molar-refractivity contribution >= 4 is 40.3 Å². The van der Waals surface area contributed by atoms with Crippen LogP contribution >= 0.6 is 11.3 Å². The molecule has 3 aromatic heterocycles. The van der Waals surface area contributed by atoms with Gasteiger partial charge in [0.25, 0.3) is 11.8 Å². The molecule has 0 radical (unpaired) electrons. The molecule has 0 atom stereocenters. The molecule has 3 fully saturated rings. The number of halogens is 1. The van der Waals surface area contributed by atoms with Crippen LogP contribution in [0.3, 0.4) is 0 Å². The average molecular weight is 689 g/mol. The summed E-state index contributed by atoms with van der Waals surface area (Å²) in [4.78, 5) is 38.4. The number of fused-ring (bicyclic) bond motifs is 3. The topological polar surface area (TPSA) is 103 Å². The van der Waals surface area contributed by atoms with Crippen LogP contribution in [-0.4, -0.2) is 59.8 Å². The van der Waals surface area contributed by atoms with Crippen molar-refractivity contribution in [3.63, 3.8) is 0 Å². The van der Waals surface area contributed by atoms with Gasteiger partial charge in [-0.3, -0.25) is 14.7 Å². The fraction of sp³-hybridized carbons (Fsp3) is 0.333. The SMILES string of the molecule is Cc1cnc(N2CC3(CCOCC3)C2)c(C(=O)Nc2ccc(C(=O)N3CCc4cc(-c5cn[nH]c5C5CC5)sc4-c4ccc(F)cc43)cc2)c1. The summed E-state index contributed by atoms with van der Waals surface area (Å²) in [6.45, 7) is 5.64. The van der Waals surface area contributed by atoms with Gasteiger partial charge in [-0.15, -0.1) is 11.3 Å². The van der Waals surface area contributed by atoms with Crippen LogP contribution in [0.4, 0.5) is 21.6 Å². The normalized spacial score (nSPS) is 17.9. The number of carbonyl (C=O) groups excluding carboxylic acids is 2. The first-order chi connectivity index (χ1) is 24.3. The number of pyridine rings is 1. The standard InChI is InChI=1S/C39H37FN6O3S/c1-23-16-30(36(41-19-23)45-21-39(22-45)11-14-49-15-12-39)37(47)43-28-7-4-25(5-8-28)38(48)46-13-10-26-17-33(31-20-42-44-34(31)24-2-3-24)50-35(26)29-9-6-27(40)18-32(29)46/h4-9,16-20,24H,2-3,10-15,21-22H2,1H3,(H,42,44)(H,43,47). The van der Waals surface area contributed by atoms with Crippen molar-refractivity contribution in [3.8, 4) is 20.9 Å².